The van der Waals surface area contributed by atoms with E-state index in [-0.39, 0.29) is 6.61 Å². The number of nitrogens with one attached hydrogen (secondary N) is 1. The molecule has 1 heterocycles. The molecule has 0 aliphatic heterocycles. The predicted molar refractivity (Wildman–Crippen MR) is 73.8 cm³/mol. The normalized spacial score (nSPS) is 11.1. The van der Waals surface area contributed by atoms with Crippen LogP contribution in [0.25, 0.3) is 10.9 Å². The molecule has 0 fully saturated rings. The molecule has 0 saturated carbocycles. The molecule has 0 saturated heterocycles. The first-order valence-corrected chi connectivity index (χ1v) is 6.33. The van der Waals surface area contributed by atoms with Crippen LogP contribution < -0.4 is 5.32 Å². The van der Waals surface area contributed by atoms with Gasteiger partial charge < -0.3 is 10.4 Å². The van der Waals surface area contributed by atoms with Crippen LogP contribution in [-0.4, -0.2) is 28.2 Å². The fourth-order valence-electron chi connectivity index (χ4n) is 1.77. The Morgan fingerprint density at radius 1 is 1.22 bits per heavy atom. The molecule has 0 radical (unpaired) electrons. The SMILES string of the molecule is CC(C)c1nc(NCCCO)c2ccccc2n1. The fraction of sp³-hybridized carbons (Fsp3) is 0.429. The Morgan fingerprint density at radius 2 is 2.00 bits per heavy atom. The third kappa shape index (κ3) is 2.76. The van der Waals surface area contributed by atoms with Gasteiger partial charge in [-0.15, -0.1) is 0 Å². The quantitative estimate of drug-likeness (QED) is 0.795. The Balaban J connectivity index is 2.40. The smallest absolute Gasteiger partial charge is 0.137 e. The Bertz CT molecular complexity index is 525. The highest BCUT2D eigenvalue weighted by atomic mass is 16.3. The fourth-order valence-corrected chi connectivity index (χ4v) is 1.77. The van der Waals surface area contributed by atoms with Gasteiger partial charge in [-0.25, -0.2) is 9.97 Å². The van der Waals surface area contributed by atoms with Gasteiger partial charge in [0.15, 0.2) is 0 Å². The van der Waals surface area contributed by atoms with Gasteiger partial charge in [0.1, 0.15) is 11.6 Å². The molecular weight excluding hydrogens is 226 g/mol. The zero-order chi connectivity index (χ0) is 13.0. The van der Waals surface area contributed by atoms with Crippen molar-refractivity contribution in [1.29, 1.82) is 0 Å². The number of para-hydroxylation sites is 1. The second-order valence-electron chi connectivity index (χ2n) is 4.61. The summed E-state index contributed by atoms with van der Waals surface area (Å²) in [4.78, 5) is 9.13. The second kappa shape index (κ2) is 5.78. The molecule has 96 valence electrons. The standard InChI is InChI=1S/C14H19N3O/c1-10(2)13-16-12-7-4-3-6-11(12)14(17-13)15-8-5-9-18/h3-4,6-7,10,18H,5,8-9H2,1-2H3,(H,15,16,17). The van der Waals surface area contributed by atoms with Gasteiger partial charge in [-0.1, -0.05) is 26.0 Å². The van der Waals surface area contributed by atoms with Gasteiger partial charge >= 0.3 is 0 Å². The van der Waals surface area contributed by atoms with Gasteiger partial charge in [-0.3, -0.25) is 0 Å². The van der Waals surface area contributed by atoms with Gasteiger partial charge in [0, 0.05) is 24.5 Å². The summed E-state index contributed by atoms with van der Waals surface area (Å²) in [7, 11) is 0. The summed E-state index contributed by atoms with van der Waals surface area (Å²) in [5, 5.41) is 13.1. The Hall–Kier alpha value is -1.68. The zero-order valence-electron chi connectivity index (χ0n) is 10.8. The maximum Gasteiger partial charge on any atom is 0.137 e. The van der Waals surface area contributed by atoms with E-state index in [1.807, 2.05) is 24.3 Å². The number of nitrogens with zero attached hydrogens (tertiary/aromatic N) is 2. The molecule has 0 amide bonds. The first-order chi connectivity index (χ1) is 8.72. The highest BCUT2D eigenvalue weighted by molar-refractivity contribution is 5.89. The zero-order valence-corrected chi connectivity index (χ0v) is 10.8. The number of aliphatic hydroxyl groups is 1. The van der Waals surface area contributed by atoms with Crippen molar-refractivity contribution < 1.29 is 5.11 Å². The number of benzene rings is 1. The van der Waals surface area contributed by atoms with Crippen molar-refractivity contribution >= 4 is 16.7 Å². The number of aromatic nitrogens is 2. The van der Waals surface area contributed by atoms with Crippen molar-refractivity contribution in [2.24, 2.45) is 0 Å². The first kappa shape index (κ1) is 12.8. The summed E-state index contributed by atoms with van der Waals surface area (Å²) >= 11 is 0. The van der Waals surface area contributed by atoms with Crippen molar-refractivity contribution in [3.8, 4) is 0 Å². The summed E-state index contributed by atoms with van der Waals surface area (Å²) in [5.41, 5.74) is 0.961. The molecule has 2 aromatic rings. The van der Waals surface area contributed by atoms with Crippen LogP contribution in [0.15, 0.2) is 24.3 Å². The summed E-state index contributed by atoms with van der Waals surface area (Å²) in [5.74, 6) is 2.01. The van der Waals surface area contributed by atoms with E-state index in [0.717, 1.165) is 35.5 Å². The van der Waals surface area contributed by atoms with E-state index in [0.29, 0.717) is 5.92 Å². The van der Waals surface area contributed by atoms with Crippen molar-refractivity contribution in [3.05, 3.63) is 30.1 Å². The van der Waals surface area contributed by atoms with Gasteiger partial charge in [0.05, 0.1) is 5.52 Å². The molecule has 0 atom stereocenters. The lowest BCUT2D eigenvalue weighted by molar-refractivity contribution is 0.292. The first-order valence-electron chi connectivity index (χ1n) is 6.33. The molecule has 0 unspecified atom stereocenters. The van der Waals surface area contributed by atoms with Crippen LogP contribution in [0.2, 0.25) is 0 Å². The lowest BCUT2D eigenvalue weighted by atomic mass is 10.1. The van der Waals surface area contributed by atoms with E-state index in [4.69, 9.17) is 5.11 Å². The monoisotopic (exact) mass is 245 g/mol. The number of rotatable bonds is 5. The molecule has 4 heteroatoms. The van der Waals surface area contributed by atoms with Crippen LogP contribution in [0.5, 0.6) is 0 Å². The highest BCUT2D eigenvalue weighted by Gasteiger charge is 2.09. The Labute approximate surface area is 107 Å². The molecule has 2 rings (SSSR count). The van der Waals surface area contributed by atoms with Crippen molar-refractivity contribution in [2.45, 2.75) is 26.2 Å². The molecular formula is C14H19N3O. The van der Waals surface area contributed by atoms with E-state index >= 15 is 0 Å². The Kier molecular flexibility index (Phi) is 4.10. The number of aliphatic hydroxyl groups excluding tert-OH is 1. The molecule has 2 N–H and O–H groups in total. The second-order valence-corrected chi connectivity index (χ2v) is 4.61. The molecule has 0 aliphatic carbocycles. The minimum atomic E-state index is 0.188. The van der Waals surface area contributed by atoms with Crippen molar-refractivity contribution in [3.63, 3.8) is 0 Å². The van der Waals surface area contributed by atoms with Crippen molar-refractivity contribution in [1.82, 2.24) is 9.97 Å². The highest BCUT2D eigenvalue weighted by Crippen LogP contribution is 2.22. The number of hydrogen-bond donors (Lipinski definition) is 2. The molecule has 0 aliphatic rings. The number of hydrogen-bond acceptors (Lipinski definition) is 4. The van der Waals surface area contributed by atoms with Crippen LogP contribution in [-0.2, 0) is 0 Å². The topological polar surface area (TPSA) is 58.0 Å². The van der Waals surface area contributed by atoms with Gasteiger partial charge in [-0.2, -0.15) is 0 Å². The maximum absolute atomic E-state index is 8.83. The van der Waals surface area contributed by atoms with Gasteiger partial charge in [-0.05, 0) is 18.6 Å². The summed E-state index contributed by atoms with van der Waals surface area (Å²) in [6.45, 7) is 5.07. The lowest BCUT2D eigenvalue weighted by Gasteiger charge is -2.11. The third-order valence-electron chi connectivity index (χ3n) is 2.76. The van der Waals surface area contributed by atoms with Crippen molar-refractivity contribution in [2.75, 3.05) is 18.5 Å². The summed E-state index contributed by atoms with van der Waals surface area (Å²) in [6, 6.07) is 7.98. The minimum absolute atomic E-state index is 0.188. The largest absolute Gasteiger partial charge is 0.396 e. The van der Waals surface area contributed by atoms with E-state index in [9.17, 15) is 0 Å². The number of anilines is 1. The molecule has 1 aromatic heterocycles. The molecule has 1 aromatic carbocycles. The summed E-state index contributed by atoms with van der Waals surface area (Å²) < 4.78 is 0. The maximum atomic E-state index is 8.83. The molecule has 0 spiro atoms. The van der Waals surface area contributed by atoms with E-state index in [1.54, 1.807) is 0 Å². The minimum Gasteiger partial charge on any atom is -0.396 e. The average Bonchev–Trinajstić information content (AvgIpc) is 2.38. The van der Waals surface area contributed by atoms with E-state index < -0.39 is 0 Å². The van der Waals surface area contributed by atoms with Crippen LogP contribution in [0.4, 0.5) is 5.82 Å². The van der Waals surface area contributed by atoms with Crippen LogP contribution in [0, 0.1) is 0 Å². The third-order valence-corrected chi connectivity index (χ3v) is 2.76. The van der Waals surface area contributed by atoms with E-state index in [1.165, 1.54) is 0 Å². The van der Waals surface area contributed by atoms with Crippen LogP contribution >= 0.6 is 0 Å². The Morgan fingerprint density at radius 3 is 2.72 bits per heavy atom. The summed E-state index contributed by atoms with van der Waals surface area (Å²) in [6.07, 6.45) is 0.718. The molecule has 0 bridgehead atoms. The van der Waals surface area contributed by atoms with Gasteiger partial charge in [0.2, 0.25) is 0 Å². The number of fused-ring (bicyclic) bond motifs is 1. The van der Waals surface area contributed by atoms with Crippen LogP contribution in [0.1, 0.15) is 32.0 Å². The molecule has 18 heavy (non-hydrogen) atoms. The lowest BCUT2D eigenvalue weighted by Crippen LogP contribution is -2.08. The van der Waals surface area contributed by atoms with Gasteiger partial charge in [0.25, 0.3) is 0 Å². The van der Waals surface area contributed by atoms with Crippen LogP contribution in [0.3, 0.4) is 0 Å². The molecule has 4 nitrogen and oxygen atoms in total. The average molecular weight is 245 g/mol. The van der Waals surface area contributed by atoms with E-state index in [2.05, 4.69) is 29.1 Å². The predicted octanol–water partition coefficient (Wildman–Crippen LogP) is 2.55.